The van der Waals surface area contributed by atoms with E-state index in [1.54, 1.807) is 19.1 Å². The van der Waals surface area contributed by atoms with Crippen molar-refractivity contribution < 1.29 is 13.6 Å². The van der Waals surface area contributed by atoms with E-state index in [1.165, 1.54) is 30.2 Å². The van der Waals surface area contributed by atoms with Gasteiger partial charge in [-0.05, 0) is 43.5 Å². The maximum Gasteiger partial charge on any atom is 0.260 e. The van der Waals surface area contributed by atoms with Crippen molar-refractivity contribution in [3.8, 4) is 11.6 Å². The van der Waals surface area contributed by atoms with Gasteiger partial charge in [0.25, 0.3) is 5.91 Å². The summed E-state index contributed by atoms with van der Waals surface area (Å²) in [6.45, 7) is 1.72. The number of aromatic nitrogens is 2. The predicted octanol–water partition coefficient (Wildman–Crippen LogP) is 4.81. The van der Waals surface area contributed by atoms with Gasteiger partial charge in [0.1, 0.15) is 10.8 Å². The lowest BCUT2D eigenvalue weighted by Crippen LogP contribution is -2.17. The standard InChI is InChI=1S/C17H13ClFN3O2S/c1-9-14(16(23)21-12-6-5-10(19)8-11(12)18)17(25-2)22-15(20-9)13-4-3-7-24-13/h3-8H,1-2H3,(H,21,23). The highest BCUT2D eigenvalue weighted by molar-refractivity contribution is 7.98. The number of hydrogen-bond acceptors (Lipinski definition) is 5. The maximum atomic E-state index is 13.1. The highest BCUT2D eigenvalue weighted by Gasteiger charge is 2.20. The van der Waals surface area contributed by atoms with Gasteiger partial charge >= 0.3 is 0 Å². The molecule has 0 atom stereocenters. The van der Waals surface area contributed by atoms with E-state index in [4.69, 9.17) is 16.0 Å². The van der Waals surface area contributed by atoms with Crippen LogP contribution in [0, 0.1) is 12.7 Å². The van der Waals surface area contributed by atoms with Crippen molar-refractivity contribution >= 4 is 35.0 Å². The topological polar surface area (TPSA) is 68.0 Å². The number of nitrogens with zero attached hydrogens (tertiary/aromatic N) is 2. The molecule has 0 saturated heterocycles. The Morgan fingerprint density at radius 1 is 1.32 bits per heavy atom. The van der Waals surface area contributed by atoms with Gasteiger partial charge in [-0.3, -0.25) is 4.79 Å². The van der Waals surface area contributed by atoms with Crippen molar-refractivity contribution in [2.45, 2.75) is 11.9 Å². The molecule has 5 nitrogen and oxygen atoms in total. The minimum absolute atomic E-state index is 0.116. The molecule has 1 amide bonds. The molecule has 0 radical (unpaired) electrons. The van der Waals surface area contributed by atoms with Gasteiger partial charge in [-0.1, -0.05) is 11.6 Å². The van der Waals surface area contributed by atoms with Gasteiger partial charge in [0.05, 0.1) is 28.2 Å². The number of hydrogen-bond donors (Lipinski definition) is 1. The van der Waals surface area contributed by atoms with Crippen molar-refractivity contribution in [1.29, 1.82) is 0 Å². The number of carbonyl (C=O) groups excluding carboxylic acids is 1. The van der Waals surface area contributed by atoms with Gasteiger partial charge < -0.3 is 9.73 Å². The minimum Gasteiger partial charge on any atom is -0.461 e. The van der Waals surface area contributed by atoms with Crippen LogP contribution in [0.1, 0.15) is 16.1 Å². The second kappa shape index (κ2) is 7.25. The highest BCUT2D eigenvalue weighted by atomic mass is 35.5. The minimum atomic E-state index is -0.477. The summed E-state index contributed by atoms with van der Waals surface area (Å²) in [5.74, 6) is 0.0339. The molecule has 128 valence electrons. The number of anilines is 1. The molecule has 0 bridgehead atoms. The van der Waals surface area contributed by atoms with E-state index in [9.17, 15) is 9.18 Å². The smallest absolute Gasteiger partial charge is 0.260 e. The number of rotatable bonds is 4. The molecule has 0 spiro atoms. The van der Waals surface area contributed by atoms with Crippen LogP contribution in [0.15, 0.2) is 46.0 Å². The normalized spacial score (nSPS) is 10.7. The zero-order valence-electron chi connectivity index (χ0n) is 13.3. The molecule has 3 aromatic rings. The number of carbonyl (C=O) groups is 1. The van der Waals surface area contributed by atoms with Crippen LogP contribution in [0.5, 0.6) is 0 Å². The summed E-state index contributed by atoms with van der Waals surface area (Å²) in [6, 6.07) is 7.25. The van der Waals surface area contributed by atoms with Crippen LogP contribution in [0.4, 0.5) is 10.1 Å². The number of benzene rings is 1. The summed E-state index contributed by atoms with van der Waals surface area (Å²) >= 11 is 7.28. The van der Waals surface area contributed by atoms with Gasteiger partial charge in [0.15, 0.2) is 11.6 Å². The number of furan rings is 1. The summed E-state index contributed by atoms with van der Waals surface area (Å²) in [4.78, 5) is 21.4. The summed E-state index contributed by atoms with van der Waals surface area (Å²) < 4.78 is 18.4. The molecule has 2 heterocycles. The summed E-state index contributed by atoms with van der Waals surface area (Å²) in [5, 5.41) is 3.29. The second-order valence-corrected chi connectivity index (χ2v) is 6.27. The Morgan fingerprint density at radius 3 is 2.76 bits per heavy atom. The first-order valence-corrected chi connectivity index (χ1v) is 8.82. The van der Waals surface area contributed by atoms with E-state index in [1.807, 2.05) is 6.26 Å². The molecule has 0 aliphatic heterocycles. The Hall–Kier alpha value is -2.38. The van der Waals surface area contributed by atoms with E-state index in [2.05, 4.69) is 15.3 Å². The number of nitrogens with one attached hydrogen (secondary N) is 1. The van der Waals surface area contributed by atoms with Crippen molar-refractivity contribution in [1.82, 2.24) is 9.97 Å². The Morgan fingerprint density at radius 2 is 2.12 bits per heavy atom. The molecular formula is C17H13ClFN3O2S. The quantitative estimate of drug-likeness (QED) is 0.522. The number of amides is 1. The average Bonchev–Trinajstić information content (AvgIpc) is 3.11. The fourth-order valence-corrected chi connectivity index (χ4v) is 3.08. The van der Waals surface area contributed by atoms with Gasteiger partial charge in [0.2, 0.25) is 0 Å². The number of thioether (sulfide) groups is 1. The lowest BCUT2D eigenvalue weighted by molar-refractivity contribution is 0.102. The molecule has 8 heteroatoms. The van der Waals surface area contributed by atoms with Crippen molar-refractivity contribution in [2.24, 2.45) is 0 Å². The fourth-order valence-electron chi connectivity index (χ4n) is 2.25. The maximum absolute atomic E-state index is 13.1. The lowest BCUT2D eigenvalue weighted by atomic mass is 10.2. The Balaban J connectivity index is 1.97. The molecule has 3 rings (SSSR count). The lowest BCUT2D eigenvalue weighted by Gasteiger charge is -2.12. The first kappa shape index (κ1) is 17.4. The van der Waals surface area contributed by atoms with E-state index in [-0.39, 0.29) is 5.02 Å². The van der Waals surface area contributed by atoms with Gasteiger partial charge in [0, 0.05) is 0 Å². The first-order valence-electron chi connectivity index (χ1n) is 7.22. The fraction of sp³-hybridized carbons (Fsp3) is 0.118. The third-order valence-electron chi connectivity index (χ3n) is 3.40. The monoisotopic (exact) mass is 377 g/mol. The second-order valence-electron chi connectivity index (χ2n) is 5.07. The van der Waals surface area contributed by atoms with Crippen LogP contribution in [0.25, 0.3) is 11.6 Å². The predicted molar refractivity (Wildman–Crippen MR) is 95.6 cm³/mol. The zero-order chi connectivity index (χ0) is 18.0. The van der Waals surface area contributed by atoms with Crippen LogP contribution >= 0.6 is 23.4 Å². The van der Waals surface area contributed by atoms with Crippen molar-refractivity contribution in [3.63, 3.8) is 0 Å². The van der Waals surface area contributed by atoms with E-state index < -0.39 is 11.7 Å². The van der Waals surface area contributed by atoms with Gasteiger partial charge in [-0.2, -0.15) is 0 Å². The molecule has 0 unspecified atom stereocenters. The van der Waals surface area contributed by atoms with Crippen molar-refractivity contribution in [2.75, 3.05) is 11.6 Å². The molecule has 0 saturated carbocycles. The largest absolute Gasteiger partial charge is 0.461 e. The van der Waals surface area contributed by atoms with Crippen LogP contribution in [0.3, 0.4) is 0 Å². The zero-order valence-corrected chi connectivity index (χ0v) is 14.9. The number of aryl methyl sites for hydroxylation is 1. The highest BCUT2D eigenvalue weighted by Crippen LogP contribution is 2.28. The molecular weight excluding hydrogens is 365 g/mol. The average molecular weight is 378 g/mol. The van der Waals surface area contributed by atoms with Gasteiger partial charge in [-0.15, -0.1) is 11.8 Å². The molecule has 1 aromatic carbocycles. The van der Waals surface area contributed by atoms with E-state index in [0.29, 0.717) is 33.6 Å². The third kappa shape index (κ3) is 3.67. The first-order chi connectivity index (χ1) is 12.0. The number of halogens is 2. The van der Waals surface area contributed by atoms with E-state index in [0.717, 1.165) is 6.07 Å². The summed E-state index contributed by atoms with van der Waals surface area (Å²) in [5.41, 5.74) is 1.15. The molecule has 0 fully saturated rings. The van der Waals surface area contributed by atoms with Crippen molar-refractivity contribution in [3.05, 3.63) is 58.7 Å². The molecule has 0 aliphatic carbocycles. The molecule has 1 N–H and O–H groups in total. The Kier molecular flexibility index (Phi) is 5.06. The van der Waals surface area contributed by atoms with Crippen LogP contribution < -0.4 is 5.32 Å². The molecule has 25 heavy (non-hydrogen) atoms. The Bertz CT molecular complexity index is 932. The van der Waals surface area contributed by atoms with E-state index >= 15 is 0 Å². The van der Waals surface area contributed by atoms with Crippen LogP contribution in [-0.2, 0) is 0 Å². The SMILES string of the molecule is CSc1nc(-c2ccco2)nc(C)c1C(=O)Nc1ccc(F)cc1Cl. The molecule has 0 aliphatic rings. The van der Waals surface area contributed by atoms with Gasteiger partial charge in [-0.25, -0.2) is 14.4 Å². The molecule has 2 aromatic heterocycles. The third-order valence-corrected chi connectivity index (χ3v) is 4.39. The van der Waals surface area contributed by atoms with Crippen LogP contribution in [0.2, 0.25) is 5.02 Å². The van der Waals surface area contributed by atoms with Crippen LogP contribution in [-0.4, -0.2) is 22.1 Å². The summed E-state index contributed by atoms with van der Waals surface area (Å²) in [6.07, 6.45) is 3.35. The summed E-state index contributed by atoms with van der Waals surface area (Å²) in [7, 11) is 0. The Labute approximate surface area is 152 Å².